The van der Waals surface area contributed by atoms with Gasteiger partial charge in [0.2, 0.25) is 0 Å². The molecule has 0 spiro atoms. The van der Waals surface area contributed by atoms with Crippen molar-refractivity contribution in [2.24, 2.45) is 0 Å². The molecular weight excluding hydrogens is 616 g/mol. The summed E-state index contributed by atoms with van der Waals surface area (Å²) in [7, 11) is 0. The maximum atomic E-state index is 9.85. The first-order chi connectivity index (χ1) is 18.9. The molecule has 0 amide bonds. The molecule has 1 aliphatic carbocycles. The summed E-state index contributed by atoms with van der Waals surface area (Å²) < 4.78 is 1.50. The molecule has 3 nitrogen and oxygen atoms in total. The van der Waals surface area contributed by atoms with Crippen molar-refractivity contribution in [2.45, 2.75) is 25.2 Å². The van der Waals surface area contributed by atoms with Gasteiger partial charge in [-0.15, -0.1) is 0 Å². The molecule has 0 aromatic heterocycles. The van der Waals surface area contributed by atoms with E-state index in [2.05, 4.69) is 87.3 Å². The van der Waals surface area contributed by atoms with E-state index in [4.69, 9.17) is 0 Å². The number of halogens is 2. The molecule has 0 saturated carbocycles. The first-order valence-corrected chi connectivity index (χ1v) is 14.4. The summed E-state index contributed by atoms with van der Waals surface area (Å²) in [6, 6.07) is 35.7. The Kier molecular flexibility index (Phi) is 7.83. The molecule has 0 atom stereocenters. The van der Waals surface area contributed by atoms with E-state index in [9.17, 15) is 15.3 Å². The first-order valence-electron chi connectivity index (χ1n) is 12.8. The van der Waals surface area contributed by atoms with Gasteiger partial charge in [-0.1, -0.05) is 86.1 Å². The van der Waals surface area contributed by atoms with Gasteiger partial charge in [-0.25, -0.2) is 0 Å². The van der Waals surface area contributed by atoms with E-state index in [0.717, 1.165) is 32.9 Å². The van der Waals surface area contributed by atoms with Gasteiger partial charge in [-0.3, -0.25) is 0 Å². The monoisotopic (exact) mass is 642 g/mol. The molecule has 39 heavy (non-hydrogen) atoms. The van der Waals surface area contributed by atoms with Gasteiger partial charge in [0, 0.05) is 0 Å². The van der Waals surface area contributed by atoms with Crippen LogP contribution in [0.3, 0.4) is 0 Å². The smallest absolute Gasteiger partial charge is 0.143 e. The van der Waals surface area contributed by atoms with E-state index >= 15 is 0 Å². The molecule has 0 bridgehead atoms. The predicted molar refractivity (Wildman–Crippen MR) is 165 cm³/mol. The quantitative estimate of drug-likeness (QED) is 0.179. The summed E-state index contributed by atoms with van der Waals surface area (Å²) in [5, 5.41) is 29.1. The molecule has 0 heterocycles. The van der Waals surface area contributed by atoms with Gasteiger partial charge < -0.3 is 15.3 Å². The molecular formula is C34H28Br2O3. The Hall–Kier alpha value is -3.54. The Morgan fingerprint density at radius 1 is 0.590 bits per heavy atom. The fourth-order valence-corrected chi connectivity index (χ4v) is 6.78. The van der Waals surface area contributed by atoms with Crippen LogP contribution in [-0.2, 0) is 11.8 Å². The number of hydrogen-bond acceptors (Lipinski definition) is 3. The minimum atomic E-state index is -0.491. The molecule has 0 fully saturated rings. The minimum Gasteiger partial charge on any atom is -0.508 e. The lowest BCUT2D eigenvalue weighted by molar-refractivity contribution is 0.468. The average molecular weight is 644 g/mol. The van der Waals surface area contributed by atoms with Crippen LogP contribution in [0.2, 0.25) is 0 Å². The number of phenols is 3. The van der Waals surface area contributed by atoms with Crippen molar-refractivity contribution in [1.29, 1.82) is 0 Å². The second-order valence-electron chi connectivity index (χ2n) is 9.59. The van der Waals surface area contributed by atoms with Crippen LogP contribution in [0.1, 0.15) is 41.2 Å². The van der Waals surface area contributed by atoms with Crippen LogP contribution in [0.5, 0.6) is 17.2 Å². The number of fused-ring (bicyclic) bond motifs is 3. The Bertz CT molecular complexity index is 1490. The molecule has 5 heteroatoms. The number of rotatable bonds is 4. The van der Waals surface area contributed by atoms with Crippen molar-refractivity contribution in [3.63, 3.8) is 0 Å². The topological polar surface area (TPSA) is 60.7 Å². The standard InChI is InChI=1S/C25H18O2.C9H10Br2O/c26-19-13-9-17(10-14-19)25(18-11-15-20(27)16-12-18)23-7-3-1-5-21(23)22-6-2-4-8-24(22)25;1-2-3-6-4-7(10)9(12)8(11)5-6/h1-16,26-27H;4-5,12H,2-3H2,1H3. The van der Waals surface area contributed by atoms with Crippen LogP contribution < -0.4 is 0 Å². The lowest BCUT2D eigenvalue weighted by atomic mass is 9.68. The maximum absolute atomic E-state index is 9.85. The maximum Gasteiger partial charge on any atom is 0.143 e. The highest BCUT2D eigenvalue weighted by molar-refractivity contribution is 9.11. The van der Waals surface area contributed by atoms with E-state index in [0.29, 0.717) is 0 Å². The van der Waals surface area contributed by atoms with Crippen molar-refractivity contribution >= 4 is 31.9 Å². The zero-order valence-electron chi connectivity index (χ0n) is 21.4. The molecule has 1 aliphatic rings. The second kappa shape index (κ2) is 11.3. The van der Waals surface area contributed by atoms with Crippen molar-refractivity contribution < 1.29 is 15.3 Å². The lowest BCUT2D eigenvalue weighted by Crippen LogP contribution is -2.28. The Labute approximate surface area is 245 Å². The summed E-state index contributed by atoms with van der Waals surface area (Å²) in [6.07, 6.45) is 2.15. The summed E-state index contributed by atoms with van der Waals surface area (Å²) in [6.45, 7) is 2.13. The lowest BCUT2D eigenvalue weighted by Gasteiger charge is -2.33. The van der Waals surface area contributed by atoms with E-state index in [-0.39, 0.29) is 17.2 Å². The zero-order valence-corrected chi connectivity index (χ0v) is 24.6. The highest BCUT2D eigenvalue weighted by Crippen LogP contribution is 2.56. The third-order valence-electron chi connectivity index (χ3n) is 7.17. The fourth-order valence-electron chi connectivity index (χ4n) is 5.50. The molecule has 3 N–H and O–H groups in total. The largest absolute Gasteiger partial charge is 0.508 e. The molecule has 0 saturated heterocycles. The van der Waals surface area contributed by atoms with Crippen LogP contribution in [0.15, 0.2) is 118 Å². The minimum absolute atomic E-state index is 0.249. The number of hydrogen-bond donors (Lipinski definition) is 3. The van der Waals surface area contributed by atoms with E-state index < -0.39 is 5.41 Å². The summed E-state index contributed by atoms with van der Waals surface area (Å²) >= 11 is 6.57. The van der Waals surface area contributed by atoms with Crippen LogP contribution in [0, 0.1) is 0 Å². The van der Waals surface area contributed by atoms with Gasteiger partial charge in [0.05, 0.1) is 14.4 Å². The third-order valence-corrected chi connectivity index (χ3v) is 8.38. The van der Waals surface area contributed by atoms with Crippen LogP contribution in [0.25, 0.3) is 11.1 Å². The van der Waals surface area contributed by atoms with E-state index in [1.54, 1.807) is 24.3 Å². The van der Waals surface area contributed by atoms with E-state index in [1.165, 1.54) is 27.8 Å². The Morgan fingerprint density at radius 2 is 1.00 bits per heavy atom. The molecule has 196 valence electrons. The van der Waals surface area contributed by atoms with Crippen LogP contribution in [0.4, 0.5) is 0 Å². The highest BCUT2D eigenvalue weighted by atomic mass is 79.9. The molecule has 5 aromatic carbocycles. The van der Waals surface area contributed by atoms with Crippen molar-refractivity contribution in [3.8, 4) is 28.4 Å². The summed E-state index contributed by atoms with van der Waals surface area (Å²) in [5.74, 6) is 0.771. The normalized spacial score (nSPS) is 12.7. The molecule has 0 unspecified atom stereocenters. The summed E-state index contributed by atoms with van der Waals surface area (Å²) in [5.41, 5.74) is 7.77. The van der Waals surface area contributed by atoms with E-state index in [1.807, 2.05) is 36.4 Å². The predicted octanol–water partition coefficient (Wildman–Crippen LogP) is 9.33. The van der Waals surface area contributed by atoms with Gasteiger partial charge in [0.25, 0.3) is 0 Å². The number of phenolic OH excluding ortho intramolecular Hbond substituents is 3. The first kappa shape index (κ1) is 27.0. The number of benzene rings is 5. The van der Waals surface area contributed by atoms with Gasteiger partial charge >= 0.3 is 0 Å². The van der Waals surface area contributed by atoms with Crippen LogP contribution in [-0.4, -0.2) is 15.3 Å². The average Bonchev–Trinajstić information content (AvgIpc) is 3.24. The van der Waals surface area contributed by atoms with Crippen molar-refractivity contribution in [1.82, 2.24) is 0 Å². The second-order valence-corrected chi connectivity index (χ2v) is 11.3. The van der Waals surface area contributed by atoms with Gasteiger partial charge in [-0.05, 0) is 114 Å². The fraction of sp³-hybridized carbons (Fsp3) is 0.118. The highest BCUT2D eigenvalue weighted by Gasteiger charge is 2.45. The number of aromatic hydroxyl groups is 3. The number of aryl methyl sites for hydroxylation is 1. The summed E-state index contributed by atoms with van der Waals surface area (Å²) in [4.78, 5) is 0. The third kappa shape index (κ3) is 4.97. The molecule has 0 radical (unpaired) electrons. The Balaban J connectivity index is 0.000000217. The van der Waals surface area contributed by atoms with Crippen molar-refractivity contribution in [3.05, 3.63) is 146 Å². The van der Waals surface area contributed by atoms with Crippen LogP contribution >= 0.6 is 31.9 Å². The molecule has 5 aromatic rings. The van der Waals surface area contributed by atoms with Crippen molar-refractivity contribution in [2.75, 3.05) is 0 Å². The zero-order chi connectivity index (χ0) is 27.6. The van der Waals surface area contributed by atoms with Gasteiger partial charge in [-0.2, -0.15) is 0 Å². The van der Waals surface area contributed by atoms with Gasteiger partial charge in [0.1, 0.15) is 17.2 Å². The van der Waals surface area contributed by atoms with Gasteiger partial charge in [0.15, 0.2) is 0 Å². The molecule has 6 rings (SSSR count). The molecule has 0 aliphatic heterocycles. The SMILES string of the molecule is CCCc1cc(Br)c(O)c(Br)c1.Oc1ccc(C2(c3ccc(O)cc3)c3ccccc3-c3ccccc32)cc1. The Morgan fingerprint density at radius 3 is 1.41 bits per heavy atom.